The third-order valence-corrected chi connectivity index (χ3v) is 3.32. The maximum absolute atomic E-state index is 10.7. The largest absolute Gasteiger partial charge is 0.298 e. The van der Waals surface area contributed by atoms with Gasteiger partial charge < -0.3 is 0 Å². The molecule has 2 rings (SSSR count). The molecule has 0 amide bonds. The van der Waals surface area contributed by atoms with Crippen LogP contribution in [0.2, 0.25) is 5.02 Å². The van der Waals surface area contributed by atoms with Crippen molar-refractivity contribution < 1.29 is 4.79 Å². The zero-order valence-corrected chi connectivity index (χ0v) is 11.9. The Bertz CT molecular complexity index is 588. The van der Waals surface area contributed by atoms with Gasteiger partial charge in [0.25, 0.3) is 0 Å². The first kappa shape index (κ1) is 13.8. The van der Waals surface area contributed by atoms with Crippen molar-refractivity contribution in [2.45, 2.75) is 20.3 Å². The first-order chi connectivity index (χ1) is 9.10. The second-order valence-electron chi connectivity index (χ2n) is 5.16. The average Bonchev–Trinajstić information content (AvgIpc) is 2.38. The van der Waals surface area contributed by atoms with Crippen LogP contribution in [0.1, 0.15) is 29.8 Å². The Balaban J connectivity index is 2.38. The van der Waals surface area contributed by atoms with E-state index in [0.29, 0.717) is 16.5 Å². The van der Waals surface area contributed by atoms with E-state index in [-0.39, 0.29) is 0 Å². The maximum Gasteiger partial charge on any atom is 0.150 e. The molecule has 0 bridgehead atoms. The van der Waals surface area contributed by atoms with Gasteiger partial charge in [-0.1, -0.05) is 61.8 Å². The van der Waals surface area contributed by atoms with Gasteiger partial charge in [0.05, 0.1) is 0 Å². The second-order valence-corrected chi connectivity index (χ2v) is 5.56. The number of carbonyl (C=O) groups excluding carboxylic acids is 1. The molecule has 0 aliphatic heterocycles. The topological polar surface area (TPSA) is 17.1 Å². The molecule has 2 aromatic carbocycles. The van der Waals surface area contributed by atoms with E-state index >= 15 is 0 Å². The summed E-state index contributed by atoms with van der Waals surface area (Å²) in [7, 11) is 0. The van der Waals surface area contributed by atoms with Crippen molar-refractivity contribution in [2.75, 3.05) is 0 Å². The van der Waals surface area contributed by atoms with Crippen LogP contribution in [-0.2, 0) is 6.42 Å². The van der Waals surface area contributed by atoms with Gasteiger partial charge in [0.1, 0.15) is 6.29 Å². The molecule has 0 saturated heterocycles. The van der Waals surface area contributed by atoms with Crippen molar-refractivity contribution >= 4 is 17.9 Å². The first-order valence-corrected chi connectivity index (χ1v) is 6.82. The minimum absolute atomic E-state index is 0.604. The number of hydrogen-bond acceptors (Lipinski definition) is 1. The predicted octanol–water partition coefficient (Wildman–Crippen LogP) is 5.02. The van der Waals surface area contributed by atoms with Gasteiger partial charge in [0, 0.05) is 16.1 Å². The minimum Gasteiger partial charge on any atom is -0.298 e. The highest BCUT2D eigenvalue weighted by atomic mass is 35.5. The molecule has 19 heavy (non-hydrogen) atoms. The van der Waals surface area contributed by atoms with Crippen LogP contribution in [0, 0.1) is 5.92 Å². The summed E-state index contributed by atoms with van der Waals surface area (Å²) >= 11 is 6.24. The molecule has 0 heterocycles. The van der Waals surface area contributed by atoms with Crippen LogP contribution in [0.15, 0.2) is 42.5 Å². The highest BCUT2D eigenvalue weighted by Crippen LogP contribution is 2.29. The lowest BCUT2D eigenvalue weighted by Gasteiger charge is -2.09. The summed E-state index contributed by atoms with van der Waals surface area (Å²) in [6, 6.07) is 13.8. The molecule has 2 heteroatoms. The van der Waals surface area contributed by atoms with Gasteiger partial charge >= 0.3 is 0 Å². The van der Waals surface area contributed by atoms with E-state index in [2.05, 4.69) is 32.0 Å². The fourth-order valence-corrected chi connectivity index (χ4v) is 2.47. The van der Waals surface area contributed by atoms with E-state index in [1.165, 1.54) is 5.56 Å². The fraction of sp³-hybridized carbons (Fsp3) is 0.235. The van der Waals surface area contributed by atoms with Gasteiger partial charge in [0.2, 0.25) is 0 Å². The molecule has 2 aromatic rings. The summed E-state index contributed by atoms with van der Waals surface area (Å²) < 4.78 is 0. The smallest absolute Gasteiger partial charge is 0.150 e. The van der Waals surface area contributed by atoms with Crippen molar-refractivity contribution in [1.29, 1.82) is 0 Å². The van der Waals surface area contributed by atoms with Gasteiger partial charge in [0.15, 0.2) is 0 Å². The lowest BCUT2D eigenvalue weighted by molar-refractivity contribution is 0.112. The SMILES string of the molecule is CC(C)Cc1cccc(-c2ccc(C=O)cc2Cl)c1. The highest BCUT2D eigenvalue weighted by Gasteiger charge is 2.06. The van der Waals surface area contributed by atoms with E-state index in [4.69, 9.17) is 11.6 Å². The van der Waals surface area contributed by atoms with Crippen LogP contribution in [0.3, 0.4) is 0 Å². The Labute approximate surface area is 119 Å². The summed E-state index contributed by atoms with van der Waals surface area (Å²) in [5.41, 5.74) is 3.98. The number of aldehydes is 1. The van der Waals surface area contributed by atoms with E-state index in [9.17, 15) is 4.79 Å². The molecule has 0 unspecified atom stereocenters. The lowest BCUT2D eigenvalue weighted by Crippen LogP contribution is -1.94. The van der Waals surface area contributed by atoms with E-state index in [0.717, 1.165) is 23.8 Å². The van der Waals surface area contributed by atoms with Crippen molar-refractivity contribution in [3.8, 4) is 11.1 Å². The standard InChI is InChI=1S/C17H17ClO/c1-12(2)8-13-4-3-5-15(9-13)16-7-6-14(11-19)10-17(16)18/h3-7,9-12H,8H2,1-2H3. The van der Waals surface area contributed by atoms with Crippen LogP contribution < -0.4 is 0 Å². The molecule has 0 atom stereocenters. The van der Waals surface area contributed by atoms with E-state index in [1.807, 2.05) is 12.1 Å². The molecule has 1 nitrogen and oxygen atoms in total. The van der Waals surface area contributed by atoms with Crippen molar-refractivity contribution in [3.05, 3.63) is 58.6 Å². The summed E-state index contributed by atoms with van der Waals surface area (Å²) in [5, 5.41) is 0.617. The van der Waals surface area contributed by atoms with E-state index < -0.39 is 0 Å². The Kier molecular flexibility index (Phi) is 4.39. The molecule has 0 spiro atoms. The first-order valence-electron chi connectivity index (χ1n) is 6.44. The van der Waals surface area contributed by atoms with Gasteiger partial charge in [-0.2, -0.15) is 0 Å². The Morgan fingerprint density at radius 3 is 2.58 bits per heavy atom. The van der Waals surface area contributed by atoms with Crippen LogP contribution in [-0.4, -0.2) is 6.29 Å². The van der Waals surface area contributed by atoms with Gasteiger partial charge in [-0.25, -0.2) is 0 Å². The van der Waals surface area contributed by atoms with Gasteiger partial charge in [-0.15, -0.1) is 0 Å². The molecule has 0 aliphatic rings. The molecule has 98 valence electrons. The average molecular weight is 273 g/mol. The second kappa shape index (κ2) is 6.03. The van der Waals surface area contributed by atoms with Crippen molar-refractivity contribution in [3.63, 3.8) is 0 Å². The maximum atomic E-state index is 10.7. The quantitative estimate of drug-likeness (QED) is 0.715. The number of benzene rings is 2. The van der Waals surface area contributed by atoms with Crippen molar-refractivity contribution in [1.82, 2.24) is 0 Å². The zero-order chi connectivity index (χ0) is 13.8. The molecule has 0 saturated carbocycles. The monoisotopic (exact) mass is 272 g/mol. The Morgan fingerprint density at radius 1 is 1.16 bits per heavy atom. The predicted molar refractivity (Wildman–Crippen MR) is 80.8 cm³/mol. The summed E-state index contributed by atoms with van der Waals surface area (Å²) in [6.07, 6.45) is 1.86. The van der Waals surface area contributed by atoms with Crippen LogP contribution in [0.25, 0.3) is 11.1 Å². The Hall–Kier alpha value is -1.60. The molecule has 0 aliphatic carbocycles. The molecular weight excluding hydrogens is 256 g/mol. The Morgan fingerprint density at radius 2 is 1.95 bits per heavy atom. The minimum atomic E-state index is 0.604. The summed E-state index contributed by atoms with van der Waals surface area (Å²) in [6.45, 7) is 4.41. The molecule has 0 radical (unpaired) electrons. The third kappa shape index (κ3) is 3.45. The zero-order valence-electron chi connectivity index (χ0n) is 11.2. The lowest BCUT2D eigenvalue weighted by atomic mass is 9.97. The summed E-state index contributed by atoms with van der Waals surface area (Å²) in [5.74, 6) is 0.628. The number of halogens is 1. The van der Waals surface area contributed by atoms with Gasteiger partial charge in [-0.05, 0) is 29.5 Å². The number of carbonyl (C=O) groups is 1. The van der Waals surface area contributed by atoms with Crippen LogP contribution in [0.5, 0.6) is 0 Å². The molecule has 0 aromatic heterocycles. The van der Waals surface area contributed by atoms with Gasteiger partial charge in [-0.3, -0.25) is 4.79 Å². The summed E-state index contributed by atoms with van der Waals surface area (Å²) in [4.78, 5) is 10.7. The normalized spacial score (nSPS) is 10.7. The molecule has 0 fully saturated rings. The fourth-order valence-electron chi connectivity index (χ4n) is 2.18. The molecular formula is C17H17ClO. The number of rotatable bonds is 4. The van der Waals surface area contributed by atoms with Crippen LogP contribution in [0.4, 0.5) is 0 Å². The molecule has 0 N–H and O–H groups in total. The van der Waals surface area contributed by atoms with Crippen LogP contribution >= 0.6 is 11.6 Å². The van der Waals surface area contributed by atoms with E-state index in [1.54, 1.807) is 12.1 Å². The third-order valence-electron chi connectivity index (χ3n) is 3.01. The van der Waals surface area contributed by atoms with Crippen molar-refractivity contribution in [2.24, 2.45) is 5.92 Å². The number of hydrogen-bond donors (Lipinski definition) is 0. The highest BCUT2D eigenvalue weighted by molar-refractivity contribution is 6.33.